The fourth-order valence-electron chi connectivity index (χ4n) is 5.76. The molecule has 2 rings (SSSR count). The Morgan fingerprint density at radius 1 is 0.923 bits per heavy atom. The van der Waals surface area contributed by atoms with Gasteiger partial charge in [-0.25, -0.2) is 4.79 Å². The summed E-state index contributed by atoms with van der Waals surface area (Å²) >= 11 is 0. The third-order valence-electron chi connectivity index (χ3n) is 8.07. The minimum Gasteiger partial charge on any atom is -0.478 e. The molecule has 0 aromatic heterocycles. The van der Waals surface area contributed by atoms with Crippen molar-refractivity contribution in [3.63, 3.8) is 0 Å². The second-order valence-corrected chi connectivity index (χ2v) is 11.6. The molecule has 2 heterocycles. The zero-order chi connectivity index (χ0) is 28.2. The van der Waals surface area contributed by atoms with E-state index in [1.165, 1.54) is 76.7 Å². The van der Waals surface area contributed by atoms with Crippen molar-refractivity contribution >= 4 is 5.97 Å². The predicted octanol–water partition coefficient (Wildman–Crippen LogP) is 5.62. The average molecular weight is 556 g/mol. The molecule has 39 heavy (non-hydrogen) atoms. The highest BCUT2D eigenvalue weighted by Crippen LogP contribution is 2.44. The van der Waals surface area contributed by atoms with Gasteiger partial charge in [0.25, 0.3) is 0 Å². The van der Waals surface area contributed by atoms with Gasteiger partial charge in [0.1, 0.15) is 6.10 Å². The highest BCUT2D eigenvalue weighted by molar-refractivity contribution is 5.79. The van der Waals surface area contributed by atoms with Crippen LogP contribution < -0.4 is 5.73 Å². The number of unbranched alkanes of at least 4 members (excludes halogenated alkanes) is 14. The summed E-state index contributed by atoms with van der Waals surface area (Å²) < 4.78 is 18.1. The van der Waals surface area contributed by atoms with E-state index in [1.54, 1.807) is 6.08 Å². The number of carboxylic acid groups (broad SMARTS) is 1. The molecule has 0 amide bonds. The van der Waals surface area contributed by atoms with Gasteiger partial charge in [-0.05, 0) is 38.5 Å². The molecule has 2 aliphatic rings. The monoisotopic (exact) mass is 555 g/mol. The maximum absolute atomic E-state index is 10.6. The highest BCUT2D eigenvalue weighted by Gasteiger charge is 2.52. The highest BCUT2D eigenvalue weighted by atomic mass is 16.8. The molecule has 2 aliphatic heterocycles. The SMILES string of the molecule is NC(CO)COCCCCCCCCCCCCCCC[C@@]12CC[C@@H](O)[C@@H](O1)[C@@H](CCCC/C=C/C(=O)O)O2. The molecule has 8 heteroatoms. The van der Waals surface area contributed by atoms with E-state index in [2.05, 4.69) is 0 Å². The van der Waals surface area contributed by atoms with Crippen molar-refractivity contribution in [2.45, 2.75) is 159 Å². The van der Waals surface area contributed by atoms with Gasteiger partial charge in [0.05, 0.1) is 31.5 Å². The number of nitrogens with two attached hydrogens (primary N) is 1. The van der Waals surface area contributed by atoms with Crippen molar-refractivity contribution in [2.75, 3.05) is 19.8 Å². The molecule has 5 N–H and O–H groups in total. The number of hydrogen-bond donors (Lipinski definition) is 4. The van der Waals surface area contributed by atoms with Gasteiger partial charge in [0.15, 0.2) is 5.79 Å². The Kier molecular flexibility index (Phi) is 18.2. The summed E-state index contributed by atoms with van der Waals surface area (Å²) in [5, 5.41) is 27.9. The summed E-state index contributed by atoms with van der Waals surface area (Å²) in [4.78, 5) is 10.6. The largest absolute Gasteiger partial charge is 0.478 e. The van der Waals surface area contributed by atoms with Crippen LogP contribution in [0.1, 0.15) is 128 Å². The quantitative estimate of drug-likeness (QED) is 0.0843. The Balaban J connectivity index is 1.41. The van der Waals surface area contributed by atoms with Gasteiger partial charge in [-0.1, -0.05) is 83.1 Å². The second kappa shape index (κ2) is 20.8. The van der Waals surface area contributed by atoms with Crippen LogP contribution in [0.3, 0.4) is 0 Å². The first kappa shape index (κ1) is 34.2. The van der Waals surface area contributed by atoms with Crippen molar-refractivity contribution in [1.29, 1.82) is 0 Å². The molecule has 0 spiro atoms. The fourth-order valence-corrected chi connectivity index (χ4v) is 5.76. The lowest BCUT2D eigenvalue weighted by Crippen LogP contribution is -2.41. The average Bonchev–Trinajstić information content (AvgIpc) is 3.23. The van der Waals surface area contributed by atoms with E-state index in [0.717, 1.165) is 64.4 Å². The van der Waals surface area contributed by atoms with Gasteiger partial charge >= 0.3 is 5.97 Å². The van der Waals surface area contributed by atoms with Crippen LogP contribution in [-0.4, -0.2) is 71.3 Å². The van der Waals surface area contributed by atoms with Crippen molar-refractivity contribution in [2.24, 2.45) is 5.73 Å². The number of hydrogen-bond acceptors (Lipinski definition) is 7. The number of carbonyl (C=O) groups is 1. The summed E-state index contributed by atoms with van der Waals surface area (Å²) in [5.74, 6) is -1.40. The molecular formula is C31H57NO7. The van der Waals surface area contributed by atoms with Gasteiger partial charge in [-0.2, -0.15) is 0 Å². The van der Waals surface area contributed by atoms with Crippen molar-refractivity contribution in [1.82, 2.24) is 0 Å². The van der Waals surface area contributed by atoms with Crippen LogP contribution in [0.15, 0.2) is 12.2 Å². The van der Waals surface area contributed by atoms with E-state index in [1.807, 2.05) is 0 Å². The molecule has 0 aromatic carbocycles. The number of aliphatic hydroxyl groups excluding tert-OH is 2. The summed E-state index contributed by atoms with van der Waals surface area (Å²) in [6.07, 6.45) is 24.5. The van der Waals surface area contributed by atoms with E-state index < -0.39 is 17.9 Å². The Labute approximate surface area is 236 Å². The molecule has 0 radical (unpaired) electrons. The summed E-state index contributed by atoms with van der Waals surface area (Å²) in [6.45, 7) is 1.18. The summed E-state index contributed by atoms with van der Waals surface area (Å²) in [7, 11) is 0. The molecule has 2 saturated heterocycles. The van der Waals surface area contributed by atoms with Crippen molar-refractivity contribution < 1.29 is 34.3 Å². The van der Waals surface area contributed by atoms with Crippen LogP contribution in [0.4, 0.5) is 0 Å². The maximum Gasteiger partial charge on any atom is 0.327 e. The van der Waals surface area contributed by atoms with Crippen molar-refractivity contribution in [3.8, 4) is 0 Å². The first-order valence-corrected chi connectivity index (χ1v) is 15.8. The molecular weight excluding hydrogens is 498 g/mol. The molecule has 0 saturated carbocycles. The first-order valence-electron chi connectivity index (χ1n) is 15.8. The number of allylic oxidation sites excluding steroid dienone is 1. The van der Waals surface area contributed by atoms with Crippen LogP contribution >= 0.6 is 0 Å². The molecule has 2 fully saturated rings. The van der Waals surface area contributed by atoms with Gasteiger partial charge in [0.2, 0.25) is 0 Å². The third kappa shape index (κ3) is 15.0. The lowest BCUT2D eigenvalue weighted by Gasteiger charge is -2.33. The van der Waals surface area contributed by atoms with Gasteiger partial charge < -0.3 is 35.3 Å². The normalized spacial score (nSPS) is 25.5. The Hall–Kier alpha value is -1.03. The van der Waals surface area contributed by atoms with E-state index in [0.29, 0.717) is 6.61 Å². The topological polar surface area (TPSA) is 131 Å². The predicted molar refractivity (Wildman–Crippen MR) is 153 cm³/mol. The van der Waals surface area contributed by atoms with E-state index in [9.17, 15) is 9.90 Å². The minimum atomic E-state index is -0.903. The van der Waals surface area contributed by atoms with Gasteiger partial charge in [0, 0.05) is 25.5 Å². The Morgan fingerprint density at radius 2 is 1.54 bits per heavy atom. The molecule has 8 nitrogen and oxygen atoms in total. The Bertz CT molecular complexity index is 661. The molecule has 5 atom stereocenters. The lowest BCUT2D eigenvalue weighted by molar-refractivity contribution is -0.214. The fraction of sp³-hybridized carbons (Fsp3) is 0.903. The first-order chi connectivity index (χ1) is 19.0. The molecule has 0 aromatic rings. The number of rotatable bonds is 25. The van der Waals surface area contributed by atoms with Crippen LogP contribution in [0.5, 0.6) is 0 Å². The Morgan fingerprint density at radius 3 is 2.15 bits per heavy atom. The molecule has 1 unspecified atom stereocenters. The zero-order valence-electron chi connectivity index (χ0n) is 24.3. The van der Waals surface area contributed by atoms with Gasteiger partial charge in [-0.15, -0.1) is 0 Å². The minimum absolute atomic E-state index is 0.0140. The standard InChI is InChI=1S/C31H57NO7/c32-26(24-33)25-37-23-17-13-9-7-5-3-1-2-4-6-8-12-16-21-31-22-20-27(34)30(39-31)28(38-31)18-14-10-11-15-19-29(35)36/h15,19,26-28,30,33-34H,1-14,16-18,20-25,32H2,(H,35,36)/b19-15+/t26?,27-,28-,30-,31+/m1/s1. The maximum atomic E-state index is 10.6. The zero-order valence-corrected chi connectivity index (χ0v) is 24.3. The van der Waals surface area contributed by atoms with E-state index in [4.69, 9.17) is 30.2 Å². The van der Waals surface area contributed by atoms with Crippen LogP contribution in [0, 0.1) is 0 Å². The smallest absolute Gasteiger partial charge is 0.327 e. The van der Waals surface area contributed by atoms with Crippen LogP contribution in [0.2, 0.25) is 0 Å². The lowest BCUT2D eigenvalue weighted by atomic mass is 9.94. The molecule has 2 bridgehead atoms. The number of aliphatic carboxylic acids is 1. The molecule has 0 aliphatic carbocycles. The van der Waals surface area contributed by atoms with Crippen molar-refractivity contribution in [3.05, 3.63) is 12.2 Å². The van der Waals surface area contributed by atoms with E-state index in [-0.39, 0.29) is 24.9 Å². The van der Waals surface area contributed by atoms with Gasteiger partial charge in [-0.3, -0.25) is 0 Å². The summed E-state index contributed by atoms with van der Waals surface area (Å²) in [6, 6.07) is -0.250. The number of fused-ring (bicyclic) bond motifs is 2. The number of ether oxygens (including phenoxy) is 3. The molecule has 228 valence electrons. The van der Waals surface area contributed by atoms with Crippen LogP contribution in [0.25, 0.3) is 0 Å². The third-order valence-corrected chi connectivity index (χ3v) is 8.07. The number of carboxylic acids is 1. The second-order valence-electron chi connectivity index (χ2n) is 11.6. The van der Waals surface area contributed by atoms with Crippen LogP contribution in [-0.2, 0) is 19.0 Å². The number of aliphatic hydroxyl groups is 2. The van der Waals surface area contributed by atoms with E-state index >= 15 is 0 Å². The summed E-state index contributed by atoms with van der Waals surface area (Å²) in [5.41, 5.74) is 5.61.